The molecule has 0 bridgehead atoms. The maximum Gasteiger partial charge on any atom is 0.336 e. The van der Waals surface area contributed by atoms with Crippen molar-refractivity contribution in [2.45, 2.75) is 26.2 Å². The Labute approximate surface area is 166 Å². The maximum atomic E-state index is 11.9. The molecule has 142 valence electrons. The molecule has 0 atom stereocenters. The van der Waals surface area contributed by atoms with E-state index in [1.165, 1.54) is 12.3 Å². The lowest BCUT2D eigenvalue weighted by molar-refractivity contribution is -0.123. The standard InChI is InChI=1S/C20H21BrN2O4/c1-20(2,3)14-8-9-17(16(21)10-14)27-12-18(24)23-22-11-13-6-4-5-7-15(13)19(25)26/h4-11H,12H2,1-3H3,(H,23,24)(H,25,26)/b22-11+. The molecule has 1 amide bonds. The van der Waals surface area contributed by atoms with Gasteiger partial charge in [0.15, 0.2) is 6.61 Å². The zero-order chi connectivity index (χ0) is 20.0. The van der Waals surface area contributed by atoms with Crippen LogP contribution in [0.5, 0.6) is 5.75 Å². The predicted octanol–water partition coefficient (Wildman–Crippen LogP) is 3.97. The number of hydrogen-bond donors (Lipinski definition) is 2. The second-order valence-electron chi connectivity index (χ2n) is 6.87. The molecule has 2 N–H and O–H groups in total. The third-order valence-electron chi connectivity index (χ3n) is 3.74. The fourth-order valence-electron chi connectivity index (χ4n) is 2.24. The quantitative estimate of drug-likeness (QED) is 0.533. The van der Waals surface area contributed by atoms with Crippen LogP contribution in [0.15, 0.2) is 52.0 Å². The normalized spacial score (nSPS) is 11.4. The minimum atomic E-state index is -1.06. The third kappa shape index (κ3) is 5.92. The molecule has 0 radical (unpaired) electrons. The van der Waals surface area contributed by atoms with E-state index in [1.54, 1.807) is 18.2 Å². The van der Waals surface area contributed by atoms with E-state index in [0.717, 1.165) is 10.0 Å². The molecule has 0 fully saturated rings. The number of carboxylic acid groups (broad SMARTS) is 1. The SMILES string of the molecule is CC(C)(C)c1ccc(OCC(=O)N/N=C/c2ccccc2C(=O)O)c(Br)c1. The average molecular weight is 433 g/mol. The van der Waals surface area contributed by atoms with Crippen LogP contribution >= 0.6 is 15.9 Å². The van der Waals surface area contributed by atoms with Gasteiger partial charge < -0.3 is 9.84 Å². The number of halogens is 1. The van der Waals surface area contributed by atoms with Gasteiger partial charge in [0.1, 0.15) is 5.75 Å². The van der Waals surface area contributed by atoms with Gasteiger partial charge in [0, 0.05) is 5.56 Å². The highest BCUT2D eigenvalue weighted by Crippen LogP contribution is 2.31. The second kappa shape index (κ2) is 8.81. The minimum absolute atomic E-state index is 0.0133. The first-order chi connectivity index (χ1) is 12.7. The molecule has 0 aliphatic rings. The molecule has 0 saturated carbocycles. The second-order valence-corrected chi connectivity index (χ2v) is 7.72. The predicted molar refractivity (Wildman–Crippen MR) is 107 cm³/mol. The summed E-state index contributed by atoms with van der Waals surface area (Å²) in [6, 6.07) is 12.1. The number of benzene rings is 2. The van der Waals surface area contributed by atoms with Gasteiger partial charge in [-0.15, -0.1) is 0 Å². The fourth-order valence-corrected chi connectivity index (χ4v) is 2.73. The van der Waals surface area contributed by atoms with E-state index in [9.17, 15) is 9.59 Å². The number of nitrogens with one attached hydrogen (secondary N) is 1. The Kier molecular flexibility index (Phi) is 6.74. The van der Waals surface area contributed by atoms with E-state index in [0.29, 0.717) is 11.3 Å². The van der Waals surface area contributed by atoms with Crippen molar-refractivity contribution in [3.05, 3.63) is 63.6 Å². The highest BCUT2D eigenvalue weighted by molar-refractivity contribution is 9.10. The zero-order valence-corrected chi connectivity index (χ0v) is 16.9. The fraction of sp³-hybridized carbons (Fsp3) is 0.250. The lowest BCUT2D eigenvalue weighted by Crippen LogP contribution is -2.24. The molecule has 7 heteroatoms. The van der Waals surface area contributed by atoms with Crippen LogP contribution in [-0.2, 0) is 10.2 Å². The van der Waals surface area contributed by atoms with Gasteiger partial charge >= 0.3 is 5.97 Å². The van der Waals surface area contributed by atoms with E-state index < -0.39 is 11.9 Å². The Morgan fingerprint density at radius 3 is 2.56 bits per heavy atom. The molecule has 2 aromatic rings. The number of carboxylic acids is 1. The lowest BCUT2D eigenvalue weighted by Gasteiger charge is -2.20. The van der Waals surface area contributed by atoms with Crippen molar-refractivity contribution >= 4 is 34.0 Å². The van der Waals surface area contributed by atoms with Gasteiger partial charge in [-0.2, -0.15) is 5.10 Å². The number of carbonyl (C=O) groups excluding carboxylic acids is 1. The van der Waals surface area contributed by atoms with E-state index in [1.807, 2.05) is 18.2 Å². The van der Waals surface area contributed by atoms with Crippen molar-refractivity contribution < 1.29 is 19.4 Å². The van der Waals surface area contributed by atoms with Crippen LogP contribution in [0.2, 0.25) is 0 Å². The Morgan fingerprint density at radius 2 is 1.93 bits per heavy atom. The van der Waals surface area contributed by atoms with Crippen molar-refractivity contribution in [2.75, 3.05) is 6.61 Å². The third-order valence-corrected chi connectivity index (χ3v) is 4.36. The smallest absolute Gasteiger partial charge is 0.336 e. The number of amides is 1. The summed E-state index contributed by atoms with van der Waals surface area (Å²) in [5.41, 5.74) is 3.98. The molecule has 0 unspecified atom stereocenters. The first kappa shape index (κ1) is 20.6. The summed E-state index contributed by atoms with van der Waals surface area (Å²) in [4.78, 5) is 23.0. The minimum Gasteiger partial charge on any atom is -0.483 e. The zero-order valence-electron chi connectivity index (χ0n) is 15.3. The summed E-state index contributed by atoms with van der Waals surface area (Å²) in [7, 11) is 0. The molecule has 0 saturated heterocycles. The largest absolute Gasteiger partial charge is 0.483 e. The number of hydrogen-bond acceptors (Lipinski definition) is 4. The van der Waals surface area contributed by atoms with Gasteiger partial charge in [-0.3, -0.25) is 4.79 Å². The number of hydrazone groups is 1. The van der Waals surface area contributed by atoms with Crippen LogP contribution in [0, 0.1) is 0 Å². The van der Waals surface area contributed by atoms with E-state index in [-0.39, 0.29) is 17.6 Å². The first-order valence-electron chi connectivity index (χ1n) is 8.25. The molecule has 27 heavy (non-hydrogen) atoms. The average Bonchev–Trinajstić information content (AvgIpc) is 2.60. The van der Waals surface area contributed by atoms with Gasteiger partial charge in [-0.1, -0.05) is 45.0 Å². The van der Waals surface area contributed by atoms with Crippen LogP contribution in [-0.4, -0.2) is 29.8 Å². The van der Waals surface area contributed by atoms with Crippen LogP contribution < -0.4 is 10.2 Å². The number of carbonyl (C=O) groups is 2. The molecular formula is C20H21BrN2O4. The van der Waals surface area contributed by atoms with Crippen LogP contribution in [0.4, 0.5) is 0 Å². The Morgan fingerprint density at radius 1 is 1.22 bits per heavy atom. The van der Waals surface area contributed by atoms with Crippen LogP contribution in [0.25, 0.3) is 0 Å². The molecular weight excluding hydrogens is 412 g/mol. The molecule has 2 rings (SSSR count). The molecule has 0 aliphatic carbocycles. The van der Waals surface area contributed by atoms with Gasteiger partial charge in [0.2, 0.25) is 0 Å². The topological polar surface area (TPSA) is 88.0 Å². The Balaban J connectivity index is 1.93. The van der Waals surface area contributed by atoms with Crippen molar-refractivity contribution in [3.8, 4) is 5.75 Å². The number of rotatable bonds is 6. The van der Waals surface area contributed by atoms with Gasteiger partial charge in [-0.05, 0) is 45.1 Å². The molecule has 0 spiro atoms. The summed E-state index contributed by atoms with van der Waals surface area (Å²) < 4.78 is 6.27. The summed E-state index contributed by atoms with van der Waals surface area (Å²) in [6.45, 7) is 6.13. The van der Waals surface area contributed by atoms with E-state index in [4.69, 9.17) is 9.84 Å². The highest BCUT2D eigenvalue weighted by Gasteiger charge is 2.15. The highest BCUT2D eigenvalue weighted by atomic mass is 79.9. The van der Waals surface area contributed by atoms with Crippen molar-refractivity contribution in [1.82, 2.24) is 5.43 Å². The number of aromatic carboxylic acids is 1. The van der Waals surface area contributed by atoms with Gasteiger partial charge in [0.25, 0.3) is 5.91 Å². The number of nitrogens with zero attached hydrogens (tertiary/aromatic N) is 1. The van der Waals surface area contributed by atoms with E-state index >= 15 is 0 Å². The van der Waals surface area contributed by atoms with Crippen molar-refractivity contribution in [2.24, 2.45) is 5.10 Å². The van der Waals surface area contributed by atoms with E-state index in [2.05, 4.69) is 47.2 Å². The first-order valence-corrected chi connectivity index (χ1v) is 9.05. The Hall–Kier alpha value is -2.67. The maximum absolute atomic E-state index is 11.9. The molecule has 0 heterocycles. The van der Waals surface area contributed by atoms with Crippen LogP contribution in [0.1, 0.15) is 42.3 Å². The van der Waals surface area contributed by atoms with Crippen molar-refractivity contribution in [1.29, 1.82) is 0 Å². The summed E-state index contributed by atoms with van der Waals surface area (Å²) in [5, 5.41) is 12.9. The number of ether oxygens (including phenoxy) is 1. The molecule has 0 aliphatic heterocycles. The van der Waals surface area contributed by atoms with Crippen LogP contribution in [0.3, 0.4) is 0 Å². The monoisotopic (exact) mass is 432 g/mol. The molecule has 2 aromatic carbocycles. The molecule has 6 nitrogen and oxygen atoms in total. The molecule has 0 aromatic heterocycles. The summed E-state index contributed by atoms with van der Waals surface area (Å²) in [6.07, 6.45) is 1.29. The summed E-state index contributed by atoms with van der Waals surface area (Å²) >= 11 is 3.45. The van der Waals surface area contributed by atoms with Crippen molar-refractivity contribution in [3.63, 3.8) is 0 Å². The lowest BCUT2D eigenvalue weighted by atomic mass is 9.87. The van der Waals surface area contributed by atoms with Gasteiger partial charge in [0.05, 0.1) is 16.3 Å². The van der Waals surface area contributed by atoms with Gasteiger partial charge in [-0.25, -0.2) is 10.2 Å². The summed E-state index contributed by atoms with van der Waals surface area (Å²) in [5.74, 6) is -0.959. The Bertz CT molecular complexity index is 873.